The molecule has 212 valence electrons. The van der Waals surface area contributed by atoms with Crippen molar-refractivity contribution in [3.8, 4) is 11.6 Å². The lowest BCUT2D eigenvalue weighted by molar-refractivity contribution is -0.138. The number of benzene rings is 1. The van der Waals surface area contributed by atoms with E-state index in [4.69, 9.17) is 14.2 Å². The Hall–Kier alpha value is -4.13. The van der Waals surface area contributed by atoms with Gasteiger partial charge in [-0.1, -0.05) is 18.2 Å². The molecule has 0 saturated carbocycles. The van der Waals surface area contributed by atoms with Gasteiger partial charge in [0.05, 0.1) is 18.9 Å². The number of amides is 3. The number of piperazine rings is 1. The maximum atomic E-state index is 13.3. The van der Waals surface area contributed by atoms with Gasteiger partial charge >= 0.3 is 12.1 Å². The van der Waals surface area contributed by atoms with Crippen LogP contribution in [0, 0.1) is 0 Å². The molecule has 0 spiro atoms. The van der Waals surface area contributed by atoms with E-state index in [-0.39, 0.29) is 57.9 Å². The molecule has 39 heavy (non-hydrogen) atoms. The Morgan fingerprint density at radius 2 is 1.69 bits per heavy atom. The molecule has 1 saturated heterocycles. The van der Waals surface area contributed by atoms with Gasteiger partial charge in [0.25, 0.3) is 5.91 Å². The Morgan fingerprint density at radius 3 is 2.33 bits per heavy atom. The molecule has 1 fully saturated rings. The summed E-state index contributed by atoms with van der Waals surface area (Å²) in [6.45, 7) is 5.99. The van der Waals surface area contributed by atoms with Gasteiger partial charge in [-0.3, -0.25) is 14.4 Å². The summed E-state index contributed by atoms with van der Waals surface area (Å²) >= 11 is 0. The quantitative estimate of drug-likeness (QED) is 0.357. The summed E-state index contributed by atoms with van der Waals surface area (Å²) in [4.78, 5) is 52.7. The lowest BCUT2D eigenvalue weighted by Crippen LogP contribution is -2.56. The lowest BCUT2D eigenvalue weighted by atomic mass is 10.1. The van der Waals surface area contributed by atoms with Gasteiger partial charge in [0.1, 0.15) is 12.6 Å². The van der Waals surface area contributed by atoms with Crippen LogP contribution < -0.4 is 10.1 Å². The van der Waals surface area contributed by atoms with Crippen molar-refractivity contribution in [2.24, 2.45) is 0 Å². The highest BCUT2D eigenvalue weighted by atomic mass is 16.6. The summed E-state index contributed by atoms with van der Waals surface area (Å²) in [5.74, 6) is -1.85. The van der Waals surface area contributed by atoms with Crippen LogP contribution in [0.1, 0.15) is 37.2 Å². The van der Waals surface area contributed by atoms with E-state index in [1.54, 1.807) is 19.1 Å². The summed E-state index contributed by atoms with van der Waals surface area (Å²) in [5, 5.41) is 16.2. The minimum Gasteiger partial charge on any atom is -0.481 e. The van der Waals surface area contributed by atoms with Crippen molar-refractivity contribution in [3.63, 3.8) is 0 Å². The molecule has 0 bridgehead atoms. The second-order valence-corrected chi connectivity index (χ2v) is 8.63. The fourth-order valence-corrected chi connectivity index (χ4v) is 3.98. The summed E-state index contributed by atoms with van der Waals surface area (Å²) < 4.78 is 17.6. The first kappa shape index (κ1) is 29.4. The second kappa shape index (κ2) is 14.7. The van der Waals surface area contributed by atoms with E-state index in [0.717, 1.165) is 0 Å². The van der Waals surface area contributed by atoms with Crippen LogP contribution in [0.4, 0.5) is 4.79 Å². The molecule has 2 N–H and O–H groups in total. The molecule has 3 rings (SSSR count). The van der Waals surface area contributed by atoms with E-state index in [9.17, 15) is 24.3 Å². The van der Waals surface area contributed by atoms with Gasteiger partial charge in [0.2, 0.25) is 11.8 Å². The largest absolute Gasteiger partial charge is 0.481 e. The molecular formula is C26H35N5O8. The molecule has 2 aromatic rings. The summed E-state index contributed by atoms with van der Waals surface area (Å²) in [6, 6.07) is 9.48. The lowest BCUT2D eigenvalue weighted by Gasteiger charge is -2.35. The van der Waals surface area contributed by atoms with Gasteiger partial charge in [-0.05, 0) is 32.4 Å². The zero-order valence-electron chi connectivity index (χ0n) is 22.2. The molecule has 13 heteroatoms. The minimum absolute atomic E-state index is 0.00511. The molecular weight excluding hydrogens is 510 g/mol. The molecule has 2 heterocycles. The van der Waals surface area contributed by atoms with Gasteiger partial charge in [-0.25, -0.2) is 9.48 Å². The molecule has 1 aliphatic heterocycles. The third kappa shape index (κ3) is 8.43. The topological polar surface area (TPSA) is 153 Å². The Morgan fingerprint density at radius 1 is 1.00 bits per heavy atom. The van der Waals surface area contributed by atoms with Crippen LogP contribution in [0.15, 0.2) is 36.4 Å². The maximum Gasteiger partial charge on any atom is 0.409 e. The zero-order chi connectivity index (χ0) is 28.2. The molecule has 0 aliphatic carbocycles. The van der Waals surface area contributed by atoms with Gasteiger partial charge in [-0.2, -0.15) is 5.10 Å². The van der Waals surface area contributed by atoms with Crippen LogP contribution in [-0.4, -0.2) is 107 Å². The zero-order valence-corrected chi connectivity index (χ0v) is 22.2. The third-order valence-electron chi connectivity index (χ3n) is 5.96. The molecule has 0 radical (unpaired) electrons. The number of carbonyl (C=O) groups excluding carboxylic acids is 3. The standard InChI is InChI=1S/C26H35N5O8/c1-3-37-16-17-39-22-18-21(28-31(22)19-8-6-5-7-9-19)24(34)27-20(10-11-23(32)33)25(35)29-12-14-30(15-13-29)26(36)38-4-2/h5-9,18,20H,3-4,10-17H2,1-2H3,(H,27,34)(H,32,33)/t20-/m0/s1. The van der Waals surface area contributed by atoms with Crippen LogP contribution in [0.5, 0.6) is 5.88 Å². The van der Waals surface area contributed by atoms with E-state index >= 15 is 0 Å². The fraction of sp³-hybridized carbons (Fsp3) is 0.500. The highest BCUT2D eigenvalue weighted by Crippen LogP contribution is 2.20. The molecule has 1 aliphatic rings. The fourth-order valence-electron chi connectivity index (χ4n) is 3.98. The first-order chi connectivity index (χ1) is 18.8. The highest BCUT2D eigenvalue weighted by molar-refractivity contribution is 5.96. The van der Waals surface area contributed by atoms with Crippen molar-refractivity contribution in [1.29, 1.82) is 0 Å². The monoisotopic (exact) mass is 545 g/mol. The normalized spacial score (nSPS) is 14.0. The summed E-state index contributed by atoms with van der Waals surface area (Å²) in [7, 11) is 0. The van der Waals surface area contributed by atoms with Crippen LogP contribution in [0.25, 0.3) is 5.69 Å². The van der Waals surface area contributed by atoms with Crippen molar-refractivity contribution in [3.05, 3.63) is 42.1 Å². The number of aromatic nitrogens is 2. The Labute approximate surface area is 226 Å². The van der Waals surface area contributed by atoms with E-state index < -0.39 is 29.9 Å². The predicted octanol–water partition coefficient (Wildman–Crippen LogP) is 1.55. The highest BCUT2D eigenvalue weighted by Gasteiger charge is 2.31. The smallest absolute Gasteiger partial charge is 0.409 e. The summed E-state index contributed by atoms with van der Waals surface area (Å²) in [6.07, 6.45) is -0.868. The van der Waals surface area contributed by atoms with Crippen LogP contribution in [0.2, 0.25) is 0 Å². The Kier molecular flexibility index (Phi) is 11.1. The third-order valence-corrected chi connectivity index (χ3v) is 5.96. The number of carbonyl (C=O) groups is 4. The maximum absolute atomic E-state index is 13.3. The molecule has 3 amide bonds. The molecule has 0 unspecified atom stereocenters. The Balaban J connectivity index is 1.74. The van der Waals surface area contributed by atoms with Crippen molar-refractivity contribution >= 4 is 23.9 Å². The van der Waals surface area contributed by atoms with Crippen molar-refractivity contribution < 1.29 is 38.5 Å². The minimum atomic E-state index is -1.09. The first-order valence-corrected chi connectivity index (χ1v) is 12.9. The number of carboxylic acids is 1. The van der Waals surface area contributed by atoms with E-state index in [2.05, 4.69) is 10.4 Å². The van der Waals surface area contributed by atoms with Gasteiger partial charge in [0.15, 0.2) is 5.69 Å². The van der Waals surface area contributed by atoms with E-state index in [0.29, 0.717) is 24.8 Å². The van der Waals surface area contributed by atoms with Crippen LogP contribution in [-0.2, 0) is 19.1 Å². The number of aliphatic carboxylic acids is 1. The second-order valence-electron chi connectivity index (χ2n) is 8.63. The molecule has 13 nitrogen and oxygen atoms in total. The van der Waals surface area contributed by atoms with Gasteiger partial charge in [-0.15, -0.1) is 0 Å². The van der Waals surface area contributed by atoms with Gasteiger partial charge in [0, 0.05) is 45.3 Å². The number of ether oxygens (including phenoxy) is 3. The van der Waals surface area contributed by atoms with Crippen molar-refractivity contribution in [2.75, 3.05) is 52.6 Å². The number of hydrogen-bond acceptors (Lipinski definition) is 8. The van der Waals surface area contributed by atoms with Crippen molar-refractivity contribution in [1.82, 2.24) is 24.9 Å². The molecule has 1 aromatic carbocycles. The van der Waals surface area contributed by atoms with Crippen LogP contribution >= 0.6 is 0 Å². The molecule has 1 aromatic heterocycles. The number of para-hydroxylation sites is 1. The van der Waals surface area contributed by atoms with E-state index in [1.165, 1.54) is 20.5 Å². The molecule has 1 atom stereocenters. The number of hydrogen-bond donors (Lipinski definition) is 2. The SMILES string of the molecule is CCOCCOc1cc(C(=O)N[C@@H](CCC(=O)O)C(=O)N2CCN(C(=O)OCC)CC2)nn1-c1ccccc1. The van der Waals surface area contributed by atoms with Gasteiger partial charge < -0.3 is 34.4 Å². The number of carboxylic acid groups (broad SMARTS) is 1. The first-order valence-electron chi connectivity index (χ1n) is 12.9. The number of nitrogens with zero attached hydrogens (tertiary/aromatic N) is 4. The predicted molar refractivity (Wildman–Crippen MR) is 139 cm³/mol. The van der Waals surface area contributed by atoms with Crippen LogP contribution in [0.3, 0.4) is 0 Å². The Bertz CT molecular complexity index is 1110. The average molecular weight is 546 g/mol. The number of rotatable bonds is 13. The van der Waals surface area contributed by atoms with E-state index in [1.807, 2.05) is 25.1 Å². The number of nitrogens with one attached hydrogen (secondary N) is 1. The summed E-state index contributed by atoms with van der Waals surface area (Å²) in [5.41, 5.74) is 0.673. The average Bonchev–Trinajstić information content (AvgIpc) is 3.38. The van der Waals surface area contributed by atoms with Crippen molar-refractivity contribution in [2.45, 2.75) is 32.7 Å².